The van der Waals surface area contributed by atoms with Crippen molar-refractivity contribution in [2.75, 3.05) is 38.8 Å². The molecule has 2 N–H and O–H groups in total. The molecule has 21 heavy (non-hydrogen) atoms. The third-order valence-corrected chi connectivity index (χ3v) is 4.12. The Labute approximate surface area is 136 Å². The number of halogens is 1. The first-order valence-electron chi connectivity index (χ1n) is 7.40. The van der Waals surface area contributed by atoms with Crippen molar-refractivity contribution >= 4 is 21.6 Å². The predicted octanol–water partition coefficient (Wildman–Crippen LogP) is 2.95. The van der Waals surface area contributed by atoms with Crippen molar-refractivity contribution in [2.24, 2.45) is 0 Å². The summed E-state index contributed by atoms with van der Waals surface area (Å²) in [5.41, 5.74) is 2.32. The molecule has 0 fully saturated rings. The number of likely N-dealkylation sites (N-methyl/N-ethyl adjacent to an activating group) is 1. The number of nitrogens with zero attached hydrogens (tertiary/aromatic N) is 1. The third-order valence-electron chi connectivity index (χ3n) is 3.44. The molecule has 0 aromatic heterocycles. The van der Waals surface area contributed by atoms with Gasteiger partial charge in [0.05, 0.1) is 12.7 Å². The summed E-state index contributed by atoms with van der Waals surface area (Å²) in [5.74, 6) is 0. The highest BCUT2D eigenvalue weighted by molar-refractivity contribution is 9.10. The average molecular weight is 359 g/mol. The predicted molar refractivity (Wildman–Crippen MR) is 92.0 cm³/mol. The molecule has 1 rings (SSSR count). The molecule has 0 heterocycles. The van der Waals surface area contributed by atoms with Gasteiger partial charge in [0.1, 0.15) is 0 Å². The summed E-state index contributed by atoms with van der Waals surface area (Å²) in [6.45, 7) is 6.24. The summed E-state index contributed by atoms with van der Waals surface area (Å²) in [4.78, 5) is 2.03. The number of anilines is 1. The lowest BCUT2D eigenvalue weighted by molar-refractivity contribution is 0.0695. The van der Waals surface area contributed by atoms with E-state index in [1.807, 2.05) is 11.9 Å². The molecule has 1 aromatic rings. The molecule has 0 amide bonds. The summed E-state index contributed by atoms with van der Waals surface area (Å²) >= 11 is 3.65. The number of hydrogen-bond acceptors (Lipinski definition) is 4. The Bertz CT molecular complexity index is 429. The van der Waals surface area contributed by atoms with Crippen LogP contribution in [0.2, 0.25) is 0 Å². The van der Waals surface area contributed by atoms with Crippen molar-refractivity contribution in [1.82, 2.24) is 5.32 Å². The number of methoxy groups -OCH3 is 1. The van der Waals surface area contributed by atoms with Crippen LogP contribution in [0.5, 0.6) is 0 Å². The fourth-order valence-electron chi connectivity index (χ4n) is 2.24. The summed E-state index contributed by atoms with van der Waals surface area (Å²) in [6, 6.07) is 6.63. The quantitative estimate of drug-likeness (QED) is 0.712. The molecule has 0 radical (unpaired) electrons. The minimum Gasteiger partial charge on any atom is -0.389 e. The summed E-state index contributed by atoms with van der Waals surface area (Å²) in [6.07, 6.45) is 0.642. The van der Waals surface area contributed by atoms with Crippen LogP contribution < -0.4 is 10.2 Å². The molecule has 0 aliphatic carbocycles. The number of rotatable bonds is 9. The van der Waals surface area contributed by atoms with Crippen LogP contribution in [0.3, 0.4) is 0 Å². The Kier molecular flexibility index (Phi) is 8.26. The van der Waals surface area contributed by atoms with Gasteiger partial charge in [0.25, 0.3) is 0 Å². The zero-order valence-electron chi connectivity index (χ0n) is 13.4. The topological polar surface area (TPSA) is 44.7 Å². The monoisotopic (exact) mass is 358 g/mol. The molecule has 1 aromatic carbocycles. The van der Waals surface area contributed by atoms with Gasteiger partial charge in [0, 0.05) is 36.9 Å². The lowest BCUT2D eigenvalue weighted by Gasteiger charge is -2.24. The average Bonchev–Trinajstić information content (AvgIpc) is 2.44. The molecule has 0 aliphatic rings. The normalized spacial score (nSPS) is 14.0. The minimum absolute atomic E-state index is 0.317. The van der Waals surface area contributed by atoms with E-state index < -0.39 is 6.10 Å². The summed E-state index contributed by atoms with van der Waals surface area (Å²) in [5, 5.41) is 13.3. The van der Waals surface area contributed by atoms with E-state index in [4.69, 9.17) is 4.74 Å². The first-order valence-corrected chi connectivity index (χ1v) is 8.19. The van der Waals surface area contributed by atoms with Crippen LogP contribution in [-0.4, -0.2) is 45.1 Å². The van der Waals surface area contributed by atoms with E-state index in [1.54, 1.807) is 7.11 Å². The van der Waals surface area contributed by atoms with E-state index in [2.05, 4.69) is 53.3 Å². The maximum atomic E-state index is 9.80. The maximum Gasteiger partial charge on any atom is 0.0947 e. The van der Waals surface area contributed by atoms with E-state index in [-0.39, 0.29) is 0 Å². The van der Waals surface area contributed by atoms with Crippen molar-refractivity contribution in [3.05, 3.63) is 28.2 Å². The van der Waals surface area contributed by atoms with E-state index >= 15 is 0 Å². The highest BCUT2D eigenvalue weighted by Crippen LogP contribution is 2.28. The van der Waals surface area contributed by atoms with Gasteiger partial charge in [0.15, 0.2) is 0 Å². The maximum absolute atomic E-state index is 9.80. The Hall–Kier alpha value is -0.620. The fourth-order valence-corrected chi connectivity index (χ4v) is 2.95. The highest BCUT2D eigenvalue weighted by atomic mass is 79.9. The largest absolute Gasteiger partial charge is 0.389 e. The number of ether oxygens (including phenoxy) is 1. The van der Waals surface area contributed by atoms with Gasteiger partial charge in [-0.2, -0.15) is 0 Å². The van der Waals surface area contributed by atoms with Gasteiger partial charge in [-0.3, -0.25) is 0 Å². The first kappa shape index (κ1) is 18.4. The third kappa shape index (κ3) is 5.94. The zero-order valence-corrected chi connectivity index (χ0v) is 15.0. The molecule has 0 saturated heterocycles. The van der Waals surface area contributed by atoms with E-state index in [9.17, 15) is 5.11 Å². The molecule has 2 atom stereocenters. The lowest BCUT2D eigenvalue weighted by Crippen LogP contribution is -2.31. The standard InChI is InChI=1S/C16H27BrN2O2/c1-5-8-18-12(2)15-7-6-13(9-16(15)17)19(3)10-14(20)11-21-4/h6-7,9,12,14,18,20H,5,8,10-11H2,1-4H3. The molecule has 5 heteroatoms. The molecule has 120 valence electrons. The van der Waals surface area contributed by atoms with Gasteiger partial charge in [-0.15, -0.1) is 0 Å². The molecule has 0 saturated carbocycles. The van der Waals surface area contributed by atoms with Crippen LogP contribution in [-0.2, 0) is 4.74 Å². The molecule has 2 unspecified atom stereocenters. The highest BCUT2D eigenvalue weighted by Gasteiger charge is 2.12. The number of hydrogen-bond donors (Lipinski definition) is 2. The molecular weight excluding hydrogens is 332 g/mol. The van der Waals surface area contributed by atoms with Crippen LogP contribution in [0, 0.1) is 0 Å². The van der Waals surface area contributed by atoms with Gasteiger partial charge in [-0.05, 0) is 37.6 Å². The van der Waals surface area contributed by atoms with Crippen molar-refractivity contribution in [2.45, 2.75) is 32.4 Å². The van der Waals surface area contributed by atoms with E-state index in [0.29, 0.717) is 19.2 Å². The van der Waals surface area contributed by atoms with Crippen LogP contribution in [0.4, 0.5) is 5.69 Å². The second-order valence-electron chi connectivity index (χ2n) is 5.37. The second-order valence-corrected chi connectivity index (χ2v) is 6.23. The van der Waals surface area contributed by atoms with Crippen molar-refractivity contribution in [3.8, 4) is 0 Å². The van der Waals surface area contributed by atoms with Crippen molar-refractivity contribution in [3.63, 3.8) is 0 Å². The van der Waals surface area contributed by atoms with Crippen molar-refractivity contribution < 1.29 is 9.84 Å². The fraction of sp³-hybridized carbons (Fsp3) is 0.625. The number of nitrogens with one attached hydrogen (secondary N) is 1. The van der Waals surface area contributed by atoms with Gasteiger partial charge in [0.2, 0.25) is 0 Å². The molecule has 0 aliphatic heterocycles. The Morgan fingerprint density at radius 1 is 1.43 bits per heavy atom. The minimum atomic E-state index is -0.483. The van der Waals surface area contributed by atoms with Gasteiger partial charge < -0.3 is 20.1 Å². The number of aliphatic hydroxyl groups excluding tert-OH is 1. The van der Waals surface area contributed by atoms with Crippen LogP contribution in [0.15, 0.2) is 22.7 Å². The second kappa shape index (κ2) is 9.41. The van der Waals surface area contributed by atoms with E-state index in [1.165, 1.54) is 5.56 Å². The van der Waals surface area contributed by atoms with Crippen LogP contribution in [0.1, 0.15) is 31.9 Å². The van der Waals surface area contributed by atoms with Gasteiger partial charge in [-0.1, -0.05) is 28.9 Å². The summed E-state index contributed by atoms with van der Waals surface area (Å²) < 4.78 is 6.05. The molecular formula is C16H27BrN2O2. The zero-order chi connectivity index (χ0) is 15.8. The van der Waals surface area contributed by atoms with Crippen LogP contribution >= 0.6 is 15.9 Å². The summed E-state index contributed by atoms with van der Waals surface area (Å²) in [7, 11) is 3.57. The molecule has 0 bridgehead atoms. The Morgan fingerprint density at radius 3 is 2.71 bits per heavy atom. The molecule has 4 nitrogen and oxygen atoms in total. The molecule has 0 spiro atoms. The van der Waals surface area contributed by atoms with Gasteiger partial charge in [-0.25, -0.2) is 0 Å². The SMILES string of the molecule is CCCNC(C)c1ccc(N(C)CC(O)COC)cc1Br. The number of aliphatic hydroxyl groups is 1. The first-order chi connectivity index (χ1) is 9.99. The van der Waals surface area contributed by atoms with Gasteiger partial charge >= 0.3 is 0 Å². The van der Waals surface area contributed by atoms with Crippen LogP contribution in [0.25, 0.3) is 0 Å². The van der Waals surface area contributed by atoms with E-state index in [0.717, 1.165) is 23.1 Å². The lowest BCUT2D eigenvalue weighted by atomic mass is 10.1. The van der Waals surface area contributed by atoms with Crippen molar-refractivity contribution in [1.29, 1.82) is 0 Å². The Morgan fingerprint density at radius 2 is 2.14 bits per heavy atom. The number of benzene rings is 1. The smallest absolute Gasteiger partial charge is 0.0947 e. The Balaban J connectivity index is 2.72.